The van der Waals surface area contributed by atoms with Gasteiger partial charge in [-0.1, -0.05) is 50.2 Å². The molecule has 2 aliphatic heterocycles. The normalized spacial score (nSPS) is 23.6. The molecule has 0 spiro atoms. The molecule has 1 N–H and O–H groups in total. The van der Waals surface area contributed by atoms with E-state index >= 15 is 0 Å². The van der Waals surface area contributed by atoms with Gasteiger partial charge < -0.3 is 14.4 Å². The Bertz CT molecular complexity index is 1030. The van der Waals surface area contributed by atoms with Crippen molar-refractivity contribution in [3.8, 4) is 16.9 Å². The molecular formula is C27H32F4N2O3. The third-order valence-corrected chi connectivity index (χ3v) is 6.88. The van der Waals surface area contributed by atoms with Gasteiger partial charge in [-0.25, -0.2) is 4.39 Å². The number of carbonyl (C=O) groups is 1. The number of likely N-dealkylation sites (tertiary alicyclic amines) is 1. The zero-order chi connectivity index (χ0) is 26.0. The molecule has 2 heterocycles. The molecule has 2 unspecified atom stereocenters. The molecule has 0 radical (unpaired) electrons. The van der Waals surface area contributed by atoms with Gasteiger partial charge in [-0.15, -0.1) is 0 Å². The Kier molecular flexibility index (Phi) is 7.90. The number of nitrogens with one attached hydrogen (secondary N) is 1. The predicted octanol–water partition coefficient (Wildman–Crippen LogP) is 5.31. The Morgan fingerprint density at radius 2 is 1.72 bits per heavy atom. The number of rotatable bonds is 8. The van der Waals surface area contributed by atoms with Crippen molar-refractivity contribution < 1.29 is 31.8 Å². The molecule has 0 saturated carbocycles. The number of hydrogen-bond donors (Lipinski definition) is 1. The number of benzene rings is 2. The second kappa shape index (κ2) is 10.8. The number of halogens is 4. The van der Waals surface area contributed by atoms with Gasteiger partial charge in [-0.2, -0.15) is 13.2 Å². The number of ether oxygens (including phenoxy) is 2. The van der Waals surface area contributed by atoms with Crippen molar-refractivity contribution in [3.63, 3.8) is 0 Å². The number of nitrogens with zero attached hydrogens (tertiary/aromatic N) is 1. The first-order chi connectivity index (χ1) is 17.1. The van der Waals surface area contributed by atoms with Gasteiger partial charge in [0, 0.05) is 6.61 Å². The first-order valence-electron chi connectivity index (χ1n) is 12.2. The summed E-state index contributed by atoms with van der Waals surface area (Å²) in [5.41, 5.74) is 1.61. The molecule has 0 aliphatic carbocycles. The summed E-state index contributed by atoms with van der Waals surface area (Å²) in [6, 6.07) is 9.76. The second-order valence-electron chi connectivity index (χ2n) is 9.87. The van der Waals surface area contributed by atoms with Gasteiger partial charge >= 0.3 is 6.18 Å². The predicted molar refractivity (Wildman–Crippen MR) is 128 cm³/mol. The van der Waals surface area contributed by atoms with Crippen LogP contribution in [0.2, 0.25) is 0 Å². The Hall–Kier alpha value is -2.65. The summed E-state index contributed by atoms with van der Waals surface area (Å²) in [5, 5.41) is 2.59. The molecule has 196 valence electrons. The smallest absolute Gasteiger partial charge is 0.407 e. The van der Waals surface area contributed by atoms with Crippen LogP contribution >= 0.6 is 0 Å². The van der Waals surface area contributed by atoms with Crippen molar-refractivity contribution in [1.82, 2.24) is 10.2 Å². The lowest BCUT2D eigenvalue weighted by Gasteiger charge is -2.32. The lowest BCUT2D eigenvalue weighted by Crippen LogP contribution is -2.52. The van der Waals surface area contributed by atoms with Crippen LogP contribution in [0.3, 0.4) is 0 Å². The third-order valence-electron chi connectivity index (χ3n) is 6.88. The number of fused-ring (bicyclic) bond motifs is 1. The quantitative estimate of drug-likeness (QED) is 0.492. The molecule has 5 nitrogen and oxygen atoms in total. The first kappa shape index (κ1) is 26.4. The van der Waals surface area contributed by atoms with Crippen molar-refractivity contribution in [2.45, 2.75) is 63.3 Å². The Labute approximate surface area is 208 Å². The maximum absolute atomic E-state index is 14.4. The summed E-state index contributed by atoms with van der Waals surface area (Å²) in [6.07, 6.45) is -5.98. The fourth-order valence-electron chi connectivity index (χ4n) is 5.10. The van der Waals surface area contributed by atoms with E-state index in [0.717, 1.165) is 11.1 Å². The SMILES string of the molecule is COc1ccc(-c2ccc(C(NC(CC(C)C)C(=O)N3C[C@H](F)[C@H]4OCC[C@H]43)C(F)(F)F)cc2)cc1. The number of methoxy groups -OCH3 is 1. The van der Waals surface area contributed by atoms with Crippen LogP contribution in [0.4, 0.5) is 17.6 Å². The first-order valence-corrected chi connectivity index (χ1v) is 12.2. The zero-order valence-electron chi connectivity index (χ0n) is 20.6. The molecule has 36 heavy (non-hydrogen) atoms. The standard InChI is InChI=1S/C27H32F4N2O3/c1-16(2)14-22(26(34)33-15-21(28)24-23(33)12-13-36-24)32-25(27(29,30)31)19-6-4-17(5-7-19)18-8-10-20(35-3)11-9-18/h4-11,16,21-25,32H,12-15H2,1-3H3/t21-,22?,23+,24+,25?/m0/s1. The monoisotopic (exact) mass is 508 g/mol. The second-order valence-corrected chi connectivity index (χ2v) is 9.87. The van der Waals surface area contributed by atoms with Gasteiger partial charge in [-0.3, -0.25) is 10.1 Å². The van der Waals surface area contributed by atoms with Crippen LogP contribution in [0.5, 0.6) is 5.75 Å². The molecule has 0 aromatic heterocycles. The third kappa shape index (κ3) is 5.67. The number of alkyl halides is 4. The highest BCUT2D eigenvalue weighted by Crippen LogP contribution is 2.36. The molecule has 9 heteroatoms. The molecule has 0 bridgehead atoms. The fraction of sp³-hybridized carbons (Fsp3) is 0.519. The van der Waals surface area contributed by atoms with Crippen molar-refractivity contribution >= 4 is 5.91 Å². The van der Waals surface area contributed by atoms with Crippen LogP contribution < -0.4 is 10.1 Å². The molecule has 1 amide bonds. The van der Waals surface area contributed by atoms with Crippen molar-refractivity contribution in [2.75, 3.05) is 20.3 Å². The van der Waals surface area contributed by atoms with E-state index in [9.17, 15) is 22.4 Å². The van der Waals surface area contributed by atoms with E-state index in [4.69, 9.17) is 9.47 Å². The summed E-state index contributed by atoms with van der Waals surface area (Å²) < 4.78 is 67.7. The summed E-state index contributed by atoms with van der Waals surface area (Å²) in [5.74, 6) is 0.135. The van der Waals surface area contributed by atoms with Gasteiger partial charge in [0.25, 0.3) is 0 Å². The highest BCUT2D eigenvalue weighted by molar-refractivity contribution is 5.83. The highest BCUT2D eigenvalue weighted by atomic mass is 19.4. The Balaban J connectivity index is 1.57. The van der Waals surface area contributed by atoms with E-state index in [2.05, 4.69) is 5.32 Å². The van der Waals surface area contributed by atoms with Gasteiger partial charge in [0.2, 0.25) is 5.91 Å². The van der Waals surface area contributed by atoms with E-state index in [1.807, 2.05) is 26.0 Å². The van der Waals surface area contributed by atoms with E-state index in [0.29, 0.717) is 18.8 Å². The summed E-state index contributed by atoms with van der Waals surface area (Å²) in [6.45, 7) is 3.88. The van der Waals surface area contributed by atoms with Crippen LogP contribution in [0.1, 0.15) is 38.3 Å². The van der Waals surface area contributed by atoms with Crippen LogP contribution in [-0.4, -0.2) is 61.6 Å². The molecule has 2 saturated heterocycles. The van der Waals surface area contributed by atoms with Crippen molar-refractivity contribution in [1.29, 1.82) is 0 Å². The largest absolute Gasteiger partial charge is 0.497 e. The summed E-state index contributed by atoms with van der Waals surface area (Å²) in [7, 11) is 1.56. The van der Waals surface area contributed by atoms with Gasteiger partial charge in [0.15, 0.2) is 0 Å². The van der Waals surface area contributed by atoms with Gasteiger partial charge in [-0.05, 0) is 47.6 Å². The number of carbonyl (C=O) groups excluding carboxylic acids is 1. The van der Waals surface area contributed by atoms with Crippen molar-refractivity contribution in [3.05, 3.63) is 54.1 Å². The Morgan fingerprint density at radius 1 is 1.11 bits per heavy atom. The van der Waals surface area contributed by atoms with Gasteiger partial charge in [0.1, 0.15) is 24.1 Å². The number of amides is 1. The van der Waals surface area contributed by atoms with E-state index < -0.39 is 42.5 Å². The molecular weight excluding hydrogens is 476 g/mol. The zero-order valence-corrected chi connectivity index (χ0v) is 20.6. The van der Waals surface area contributed by atoms with Crippen LogP contribution in [0.25, 0.3) is 11.1 Å². The Morgan fingerprint density at radius 3 is 2.28 bits per heavy atom. The molecule has 2 aromatic carbocycles. The van der Waals surface area contributed by atoms with E-state index in [1.165, 1.54) is 17.0 Å². The van der Waals surface area contributed by atoms with Crippen molar-refractivity contribution in [2.24, 2.45) is 5.92 Å². The lowest BCUT2D eigenvalue weighted by molar-refractivity contribution is -0.162. The van der Waals surface area contributed by atoms with E-state index in [1.54, 1.807) is 31.4 Å². The lowest BCUT2D eigenvalue weighted by atomic mass is 9.97. The minimum atomic E-state index is -4.64. The highest BCUT2D eigenvalue weighted by Gasteiger charge is 2.50. The molecule has 5 atom stereocenters. The fourth-order valence-corrected chi connectivity index (χ4v) is 5.10. The molecule has 2 fully saturated rings. The van der Waals surface area contributed by atoms with E-state index in [-0.39, 0.29) is 24.4 Å². The van der Waals surface area contributed by atoms with Crippen LogP contribution in [0.15, 0.2) is 48.5 Å². The molecule has 4 rings (SSSR count). The topological polar surface area (TPSA) is 50.8 Å². The molecule has 2 aromatic rings. The average Bonchev–Trinajstić information content (AvgIpc) is 3.44. The molecule has 2 aliphatic rings. The van der Waals surface area contributed by atoms with Gasteiger partial charge in [0.05, 0.1) is 25.7 Å². The maximum Gasteiger partial charge on any atom is 0.407 e. The summed E-state index contributed by atoms with van der Waals surface area (Å²) in [4.78, 5) is 14.8. The minimum Gasteiger partial charge on any atom is -0.497 e. The number of hydrogen-bond acceptors (Lipinski definition) is 4. The van der Waals surface area contributed by atoms with Crippen LogP contribution in [0, 0.1) is 5.92 Å². The average molecular weight is 509 g/mol. The maximum atomic E-state index is 14.4. The van der Waals surface area contributed by atoms with Crippen LogP contribution in [-0.2, 0) is 9.53 Å². The minimum absolute atomic E-state index is 0.00758. The summed E-state index contributed by atoms with van der Waals surface area (Å²) >= 11 is 0.